The molecule has 2 amide bonds. The number of rotatable bonds is 3. The molecule has 0 aromatic heterocycles. The molecule has 3 aliphatic heterocycles. The molecule has 0 aromatic carbocycles. The molecule has 0 unspecified atom stereocenters. The fourth-order valence-electron chi connectivity index (χ4n) is 5.18. The third kappa shape index (κ3) is 3.57. The molecule has 3 heterocycles. The van der Waals surface area contributed by atoms with Crippen LogP contribution in [0.1, 0.15) is 58.3 Å². The zero-order chi connectivity index (χ0) is 17.4. The van der Waals surface area contributed by atoms with Gasteiger partial charge in [0.25, 0.3) is 0 Å². The number of nitrogens with zero attached hydrogens (tertiary/aromatic N) is 3. The van der Waals surface area contributed by atoms with Crippen LogP contribution in [0.15, 0.2) is 0 Å². The van der Waals surface area contributed by atoms with E-state index in [-0.39, 0.29) is 11.3 Å². The lowest BCUT2D eigenvalue weighted by Crippen LogP contribution is -2.54. The number of amides is 2. The highest BCUT2D eigenvalue weighted by Gasteiger charge is 2.46. The number of carbonyl (C=O) groups excluding carboxylic acids is 2. The van der Waals surface area contributed by atoms with Crippen LogP contribution in [0.4, 0.5) is 0 Å². The molecule has 0 N–H and O–H groups in total. The number of carbonyl (C=O) groups is 2. The number of piperidine rings is 3. The van der Waals surface area contributed by atoms with Crippen molar-refractivity contribution in [1.82, 2.24) is 14.7 Å². The van der Waals surface area contributed by atoms with Gasteiger partial charge in [-0.3, -0.25) is 9.59 Å². The number of hydrogen-bond donors (Lipinski definition) is 0. The van der Waals surface area contributed by atoms with Gasteiger partial charge in [-0.1, -0.05) is 6.92 Å². The van der Waals surface area contributed by atoms with Crippen molar-refractivity contribution in [2.24, 2.45) is 11.3 Å². The highest BCUT2D eigenvalue weighted by atomic mass is 16.2. The molecule has 1 saturated carbocycles. The van der Waals surface area contributed by atoms with Crippen molar-refractivity contribution in [1.29, 1.82) is 0 Å². The molecule has 0 radical (unpaired) electrons. The predicted molar refractivity (Wildman–Crippen MR) is 97.1 cm³/mol. The summed E-state index contributed by atoms with van der Waals surface area (Å²) in [6.45, 7) is 8.08. The Hall–Kier alpha value is -1.10. The van der Waals surface area contributed by atoms with E-state index in [1.54, 1.807) is 0 Å². The van der Waals surface area contributed by atoms with E-state index in [1.165, 1.54) is 12.8 Å². The highest BCUT2D eigenvalue weighted by molar-refractivity contribution is 5.79. The lowest BCUT2D eigenvalue weighted by atomic mass is 9.72. The van der Waals surface area contributed by atoms with Crippen molar-refractivity contribution in [3.8, 4) is 0 Å². The summed E-state index contributed by atoms with van der Waals surface area (Å²) in [6, 6.07) is 0.534. The van der Waals surface area contributed by atoms with Crippen molar-refractivity contribution >= 4 is 11.8 Å². The average Bonchev–Trinajstić information content (AvgIpc) is 3.49. The summed E-state index contributed by atoms with van der Waals surface area (Å²) < 4.78 is 0. The van der Waals surface area contributed by atoms with E-state index in [2.05, 4.69) is 21.6 Å². The Bertz CT molecular complexity index is 523. The fourth-order valence-corrected chi connectivity index (χ4v) is 5.18. The second-order valence-corrected chi connectivity index (χ2v) is 8.81. The molecule has 25 heavy (non-hydrogen) atoms. The van der Waals surface area contributed by atoms with E-state index in [0.29, 0.717) is 17.9 Å². The summed E-state index contributed by atoms with van der Waals surface area (Å²) in [6.07, 6.45) is 8.52. The lowest BCUT2D eigenvalue weighted by molar-refractivity contribution is -0.145. The zero-order valence-electron chi connectivity index (χ0n) is 15.7. The summed E-state index contributed by atoms with van der Waals surface area (Å²) in [5, 5.41) is 0. The van der Waals surface area contributed by atoms with E-state index < -0.39 is 0 Å². The van der Waals surface area contributed by atoms with Crippen LogP contribution in [0.5, 0.6) is 0 Å². The molecule has 4 aliphatic rings. The van der Waals surface area contributed by atoms with Gasteiger partial charge in [0.1, 0.15) is 0 Å². The van der Waals surface area contributed by atoms with E-state index >= 15 is 0 Å². The van der Waals surface area contributed by atoms with Gasteiger partial charge >= 0.3 is 0 Å². The zero-order valence-corrected chi connectivity index (χ0v) is 15.7. The van der Waals surface area contributed by atoms with Crippen molar-refractivity contribution < 1.29 is 9.59 Å². The van der Waals surface area contributed by atoms with E-state index in [9.17, 15) is 9.59 Å². The maximum atomic E-state index is 13.0. The lowest BCUT2D eigenvalue weighted by Gasteiger charge is -2.48. The monoisotopic (exact) mass is 347 g/mol. The molecule has 5 nitrogen and oxygen atoms in total. The van der Waals surface area contributed by atoms with E-state index in [1.807, 2.05) is 0 Å². The Morgan fingerprint density at radius 1 is 1.12 bits per heavy atom. The SMILES string of the molecule is CCN1CCC[C@H](C(=O)N2CCC3(CCC(=O)N(C4CC4)C3)CC2)C1. The molecule has 3 saturated heterocycles. The van der Waals surface area contributed by atoms with Crippen LogP contribution in [0.3, 0.4) is 0 Å². The molecular weight excluding hydrogens is 314 g/mol. The molecule has 0 aromatic rings. The predicted octanol–water partition coefficient (Wildman–Crippen LogP) is 2.11. The van der Waals surface area contributed by atoms with Crippen LogP contribution in [-0.2, 0) is 9.59 Å². The standard InChI is InChI=1S/C20H33N3O2/c1-2-21-11-3-4-16(14-21)19(25)22-12-9-20(10-13-22)8-7-18(24)23(15-20)17-5-6-17/h16-17H,2-15H2,1H3/t16-/m0/s1. The van der Waals surface area contributed by atoms with Gasteiger partial charge in [0.2, 0.25) is 11.8 Å². The first-order chi connectivity index (χ1) is 12.1. The maximum absolute atomic E-state index is 13.0. The first-order valence-corrected chi connectivity index (χ1v) is 10.4. The third-order valence-electron chi connectivity index (χ3n) is 7.12. The van der Waals surface area contributed by atoms with Crippen LogP contribution in [0.2, 0.25) is 0 Å². The van der Waals surface area contributed by atoms with Gasteiger partial charge < -0.3 is 14.7 Å². The Morgan fingerprint density at radius 3 is 2.56 bits per heavy atom. The van der Waals surface area contributed by atoms with E-state index in [0.717, 1.165) is 77.8 Å². The largest absolute Gasteiger partial charge is 0.342 e. The smallest absolute Gasteiger partial charge is 0.226 e. The first kappa shape index (κ1) is 17.3. The summed E-state index contributed by atoms with van der Waals surface area (Å²) in [7, 11) is 0. The normalized spacial score (nSPS) is 30.8. The molecule has 1 atom stereocenters. The minimum absolute atomic E-state index is 0.207. The Labute approximate surface area is 151 Å². The minimum Gasteiger partial charge on any atom is -0.342 e. The van der Waals surface area contributed by atoms with Crippen molar-refractivity contribution in [2.75, 3.05) is 39.3 Å². The second-order valence-electron chi connectivity index (χ2n) is 8.81. The Kier molecular flexibility index (Phi) is 4.78. The third-order valence-corrected chi connectivity index (χ3v) is 7.12. The molecule has 140 valence electrons. The molecule has 5 heteroatoms. The Balaban J connectivity index is 1.33. The summed E-state index contributed by atoms with van der Waals surface area (Å²) in [5.41, 5.74) is 0.287. The van der Waals surface area contributed by atoms with Gasteiger partial charge in [-0.25, -0.2) is 0 Å². The van der Waals surface area contributed by atoms with Gasteiger partial charge in [0, 0.05) is 38.6 Å². The quantitative estimate of drug-likeness (QED) is 0.785. The maximum Gasteiger partial charge on any atom is 0.226 e. The summed E-state index contributed by atoms with van der Waals surface area (Å²) in [4.78, 5) is 31.9. The molecule has 1 spiro atoms. The second kappa shape index (κ2) is 6.90. The van der Waals surface area contributed by atoms with Crippen LogP contribution in [0, 0.1) is 11.3 Å². The summed E-state index contributed by atoms with van der Waals surface area (Å²) >= 11 is 0. The van der Waals surface area contributed by atoms with Gasteiger partial charge in [-0.05, 0) is 63.5 Å². The van der Waals surface area contributed by atoms with Crippen molar-refractivity contribution in [2.45, 2.75) is 64.3 Å². The molecule has 1 aliphatic carbocycles. The molecule has 4 fully saturated rings. The van der Waals surface area contributed by atoms with Crippen LogP contribution in [-0.4, -0.2) is 71.8 Å². The van der Waals surface area contributed by atoms with Gasteiger partial charge in [0.05, 0.1) is 5.92 Å². The number of likely N-dealkylation sites (tertiary alicyclic amines) is 3. The minimum atomic E-state index is 0.207. The fraction of sp³-hybridized carbons (Fsp3) is 0.900. The number of hydrogen-bond acceptors (Lipinski definition) is 3. The topological polar surface area (TPSA) is 43.9 Å². The van der Waals surface area contributed by atoms with Crippen molar-refractivity contribution in [3.05, 3.63) is 0 Å². The summed E-state index contributed by atoms with van der Waals surface area (Å²) in [5.74, 6) is 0.964. The van der Waals surface area contributed by atoms with Crippen LogP contribution in [0.25, 0.3) is 0 Å². The highest BCUT2D eigenvalue weighted by Crippen LogP contribution is 2.43. The van der Waals surface area contributed by atoms with Crippen molar-refractivity contribution in [3.63, 3.8) is 0 Å². The van der Waals surface area contributed by atoms with Crippen LogP contribution < -0.4 is 0 Å². The van der Waals surface area contributed by atoms with Gasteiger partial charge in [0.15, 0.2) is 0 Å². The van der Waals surface area contributed by atoms with E-state index in [4.69, 9.17) is 0 Å². The molecule has 4 rings (SSSR count). The van der Waals surface area contributed by atoms with Gasteiger partial charge in [-0.2, -0.15) is 0 Å². The van der Waals surface area contributed by atoms with Crippen LogP contribution >= 0.6 is 0 Å². The molecular formula is C20H33N3O2. The molecule has 0 bridgehead atoms. The van der Waals surface area contributed by atoms with Gasteiger partial charge in [-0.15, -0.1) is 0 Å². The first-order valence-electron chi connectivity index (χ1n) is 10.4. The average molecular weight is 348 g/mol. The Morgan fingerprint density at radius 2 is 1.88 bits per heavy atom.